The molecule has 0 radical (unpaired) electrons. The molecule has 0 aromatic carbocycles. The predicted octanol–water partition coefficient (Wildman–Crippen LogP) is 0.499. The van der Waals surface area contributed by atoms with Crippen LogP contribution in [0.4, 0.5) is 0 Å². The first-order valence-corrected chi connectivity index (χ1v) is 6.69. The van der Waals surface area contributed by atoms with Crippen LogP contribution in [0.1, 0.15) is 26.1 Å². The van der Waals surface area contributed by atoms with E-state index in [4.69, 9.17) is 0 Å². The highest BCUT2D eigenvalue weighted by atomic mass is 16.2. The number of aryl methyl sites for hydroxylation is 2. The van der Waals surface area contributed by atoms with Crippen LogP contribution in [0.2, 0.25) is 0 Å². The number of hydrogen-bond donors (Lipinski definition) is 0. The van der Waals surface area contributed by atoms with E-state index in [1.807, 2.05) is 18.4 Å². The summed E-state index contributed by atoms with van der Waals surface area (Å²) in [5.74, 6) is 1.25. The average molecular weight is 262 g/mol. The lowest BCUT2D eigenvalue weighted by Gasteiger charge is -2.11. The molecule has 0 N–H and O–H groups in total. The molecule has 0 unspecified atom stereocenters. The molecule has 6 heteroatoms. The summed E-state index contributed by atoms with van der Waals surface area (Å²) >= 11 is 0. The molecule has 0 atom stereocenters. The number of aromatic nitrogens is 4. The van der Waals surface area contributed by atoms with Crippen molar-refractivity contribution in [2.24, 2.45) is 13.0 Å². The second-order valence-corrected chi connectivity index (χ2v) is 5.61. The van der Waals surface area contributed by atoms with Crippen LogP contribution < -0.4 is 11.2 Å². The van der Waals surface area contributed by atoms with E-state index in [9.17, 15) is 9.59 Å². The normalized spacial score (nSPS) is 14.5. The smallest absolute Gasteiger partial charge is 0.322 e. The summed E-state index contributed by atoms with van der Waals surface area (Å²) in [6.07, 6.45) is 1.90. The Morgan fingerprint density at radius 3 is 2.74 bits per heavy atom. The molecule has 1 aliphatic rings. The van der Waals surface area contributed by atoms with Crippen LogP contribution in [0.3, 0.4) is 0 Å². The summed E-state index contributed by atoms with van der Waals surface area (Å²) in [4.78, 5) is 29.1. The van der Waals surface area contributed by atoms with Crippen molar-refractivity contribution < 1.29 is 0 Å². The van der Waals surface area contributed by atoms with Gasteiger partial charge in [0.1, 0.15) is 5.82 Å². The zero-order valence-electron chi connectivity index (χ0n) is 11.5. The van der Waals surface area contributed by atoms with Crippen molar-refractivity contribution in [2.45, 2.75) is 39.8 Å². The maximum Gasteiger partial charge on any atom is 0.332 e. The fourth-order valence-corrected chi connectivity index (χ4v) is 2.76. The van der Waals surface area contributed by atoms with Crippen molar-refractivity contribution in [1.29, 1.82) is 0 Å². The molecular weight excluding hydrogens is 244 g/mol. The Morgan fingerprint density at radius 2 is 2.05 bits per heavy atom. The lowest BCUT2D eigenvalue weighted by Crippen LogP contribution is -2.39. The van der Waals surface area contributed by atoms with E-state index in [-0.39, 0.29) is 11.2 Å². The second-order valence-electron chi connectivity index (χ2n) is 5.61. The van der Waals surface area contributed by atoms with Crippen LogP contribution in [-0.4, -0.2) is 18.7 Å². The number of imidazole rings is 1. The molecule has 102 valence electrons. The highest BCUT2D eigenvalue weighted by Gasteiger charge is 2.23. The van der Waals surface area contributed by atoms with Gasteiger partial charge in [-0.25, -0.2) is 9.78 Å². The van der Waals surface area contributed by atoms with E-state index >= 15 is 0 Å². The molecule has 2 aromatic heterocycles. The van der Waals surface area contributed by atoms with Gasteiger partial charge in [0.15, 0.2) is 11.2 Å². The first-order chi connectivity index (χ1) is 9.00. The third kappa shape index (κ3) is 1.66. The fourth-order valence-electron chi connectivity index (χ4n) is 2.76. The Hall–Kier alpha value is -1.85. The highest BCUT2D eigenvalue weighted by Crippen LogP contribution is 2.19. The van der Waals surface area contributed by atoms with Crippen LogP contribution in [-0.2, 0) is 26.6 Å². The summed E-state index contributed by atoms with van der Waals surface area (Å²) in [6, 6.07) is 0. The largest absolute Gasteiger partial charge is 0.332 e. The fraction of sp³-hybridized carbons (Fsp3) is 0.615. The third-order valence-electron chi connectivity index (χ3n) is 3.64. The van der Waals surface area contributed by atoms with Crippen molar-refractivity contribution >= 4 is 11.2 Å². The van der Waals surface area contributed by atoms with E-state index in [0.29, 0.717) is 23.6 Å². The molecule has 0 spiro atoms. The van der Waals surface area contributed by atoms with Gasteiger partial charge in [0.05, 0.1) is 0 Å². The minimum Gasteiger partial charge on any atom is -0.322 e. The van der Waals surface area contributed by atoms with E-state index < -0.39 is 0 Å². The standard InChI is InChI=1S/C13H18N4O2/c1-8(2)7-17-11-10(12(18)15(3)13(17)19)16-6-4-5-9(16)14-11/h8H,4-7H2,1-3H3. The van der Waals surface area contributed by atoms with Crippen molar-refractivity contribution in [2.75, 3.05) is 0 Å². The summed E-state index contributed by atoms with van der Waals surface area (Å²) < 4.78 is 4.79. The van der Waals surface area contributed by atoms with E-state index in [2.05, 4.69) is 4.98 Å². The number of hydrogen-bond acceptors (Lipinski definition) is 3. The summed E-state index contributed by atoms with van der Waals surface area (Å²) in [7, 11) is 1.54. The Bertz CT molecular complexity index is 764. The second kappa shape index (κ2) is 4.08. The minimum absolute atomic E-state index is 0.236. The van der Waals surface area contributed by atoms with E-state index in [0.717, 1.165) is 25.2 Å². The van der Waals surface area contributed by atoms with E-state index in [1.165, 1.54) is 11.6 Å². The van der Waals surface area contributed by atoms with Gasteiger partial charge in [0, 0.05) is 26.6 Å². The molecule has 3 heterocycles. The molecule has 0 saturated heterocycles. The van der Waals surface area contributed by atoms with Gasteiger partial charge in [-0.3, -0.25) is 13.9 Å². The first kappa shape index (κ1) is 12.2. The van der Waals surface area contributed by atoms with E-state index in [1.54, 1.807) is 4.57 Å². The quantitative estimate of drug-likeness (QED) is 0.791. The third-order valence-corrected chi connectivity index (χ3v) is 3.64. The highest BCUT2D eigenvalue weighted by molar-refractivity contribution is 5.71. The van der Waals surface area contributed by atoms with Crippen molar-refractivity contribution in [1.82, 2.24) is 18.7 Å². The van der Waals surface area contributed by atoms with Crippen LogP contribution in [0, 0.1) is 5.92 Å². The average Bonchev–Trinajstić information content (AvgIpc) is 2.91. The zero-order valence-corrected chi connectivity index (χ0v) is 11.5. The molecule has 0 amide bonds. The number of rotatable bonds is 2. The van der Waals surface area contributed by atoms with Crippen LogP contribution in [0.15, 0.2) is 9.59 Å². The Labute approximate surface area is 110 Å². The van der Waals surface area contributed by atoms with Gasteiger partial charge in [0.2, 0.25) is 0 Å². The first-order valence-electron chi connectivity index (χ1n) is 6.69. The Morgan fingerprint density at radius 1 is 1.32 bits per heavy atom. The SMILES string of the molecule is CC(C)Cn1c(=O)n(C)c(=O)c2c1nc1n2CCC1. The summed E-state index contributed by atoms with van der Waals surface area (Å²) in [6.45, 7) is 5.50. The molecule has 1 aliphatic heterocycles. The molecule has 0 fully saturated rings. The van der Waals surface area contributed by atoms with Gasteiger partial charge in [-0.15, -0.1) is 0 Å². The predicted molar refractivity (Wildman–Crippen MR) is 72.4 cm³/mol. The van der Waals surface area contributed by atoms with Gasteiger partial charge in [-0.2, -0.15) is 0 Å². The van der Waals surface area contributed by atoms with Gasteiger partial charge < -0.3 is 4.57 Å². The zero-order chi connectivity index (χ0) is 13.7. The van der Waals surface area contributed by atoms with Crippen molar-refractivity contribution in [3.05, 3.63) is 26.7 Å². The maximum absolute atomic E-state index is 12.3. The van der Waals surface area contributed by atoms with Crippen molar-refractivity contribution in [3.63, 3.8) is 0 Å². The number of nitrogens with zero attached hydrogens (tertiary/aromatic N) is 4. The molecule has 19 heavy (non-hydrogen) atoms. The monoisotopic (exact) mass is 262 g/mol. The maximum atomic E-state index is 12.3. The number of fused-ring (bicyclic) bond motifs is 3. The van der Waals surface area contributed by atoms with Crippen molar-refractivity contribution in [3.8, 4) is 0 Å². The summed E-state index contributed by atoms with van der Waals surface area (Å²) in [5.41, 5.74) is 0.621. The Balaban J connectivity index is 2.43. The molecule has 0 bridgehead atoms. The van der Waals surface area contributed by atoms with Crippen LogP contribution in [0.25, 0.3) is 11.2 Å². The minimum atomic E-state index is -0.275. The molecule has 0 saturated carbocycles. The summed E-state index contributed by atoms with van der Waals surface area (Å²) in [5, 5.41) is 0. The molecule has 6 nitrogen and oxygen atoms in total. The van der Waals surface area contributed by atoms with Gasteiger partial charge >= 0.3 is 5.69 Å². The van der Waals surface area contributed by atoms with Crippen LogP contribution in [0.5, 0.6) is 0 Å². The molecular formula is C13H18N4O2. The molecule has 0 aliphatic carbocycles. The van der Waals surface area contributed by atoms with Gasteiger partial charge in [0.25, 0.3) is 5.56 Å². The molecule has 2 aromatic rings. The Kier molecular flexibility index (Phi) is 2.62. The lowest BCUT2D eigenvalue weighted by molar-refractivity contribution is 0.499. The topological polar surface area (TPSA) is 61.8 Å². The van der Waals surface area contributed by atoms with Crippen LogP contribution >= 0.6 is 0 Å². The molecule has 3 rings (SSSR count). The van der Waals surface area contributed by atoms with Gasteiger partial charge in [-0.05, 0) is 12.3 Å². The van der Waals surface area contributed by atoms with Gasteiger partial charge in [-0.1, -0.05) is 13.8 Å². The lowest BCUT2D eigenvalue weighted by atomic mass is 10.2.